The number of unbranched alkanes of at least 4 members (excludes halogenated alkanes) is 29. The molecular formula is C64H110O6. The summed E-state index contributed by atoms with van der Waals surface area (Å²) < 4.78 is 16.7. The van der Waals surface area contributed by atoms with Gasteiger partial charge in [0.2, 0.25) is 0 Å². The van der Waals surface area contributed by atoms with Gasteiger partial charge in [-0.3, -0.25) is 14.4 Å². The molecule has 1 atom stereocenters. The Morgan fingerprint density at radius 3 is 1.00 bits per heavy atom. The van der Waals surface area contributed by atoms with Crippen molar-refractivity contribution in [1.29, 1.82) is 0 Å². The van der Waals surface area contributed by atoms with E-state index in [2.05, 4.69) is 93.7 Å². The number of carbonyl (C=O) groups is 3. The Labute approximate surface area is 433 Å². The van der Waals surface area contributed by atoms with Crippen molar-refractivity contribution in [1.82, 2.24) is 0 Å². The first-order valence-electron chi connectivity index (χ1n) is 29.6. The summed E-state index contributed by atoms with van der Waals surface area (Å²) >= 11 is 0. The lowest BCUT2D eigenvalue weighted by Gasteiger charge is -2.18. The van der Waals surface area contributed by atoms with Crippen LogP contribution in [0.4, 0.5) is 0 Å². The van der Waals surface area contributed by atoms with Crippen LogP contribution >= 0.6 is 0 Å². The van der Waals surface area contributed by atoms with Crippen molar-refractivity contribution in [3.8, 4) is 0 Å². The van der Waals surface area contributed by atoms with Gasteiger partial charge in [0.1, 0.15) is 13.2 Å². The van der Waals surface area contributed by atoms with Crippen molar-refractivity contribution in [3.63, 3.8) is 0 Å². The molecule has 0 bridgehead atoms. The third-order valence-electron chi connectivity index (χ3n) is 12.6. The van der Waals surface area contributed by atoms with Gasteiger partial charge >= 0.3 is 17.9 Å². The molecule has 402 valence electrons. The van der Waals surface area contributed by atoms with E-state index >= 15 is 0 Å². The molecule has 0 aromatic rings. The highest BCUT2D eigenvalue weighted by molar-refractivity contribution is 5.72. The van der Waals surface area contributed by atoms with E-state index in [1.807, 2.05) is 6.08 Å². The minimum Gasteiger partial charge on any atom is -0.462 e. The predicted molar refractivity (Wildman–Crippen MR) is 302 cm³/mol. The zero-order chi connectivity index (χ0) is 50.7. The number of esters is 3. The second-order valence-corrected chi connectivity index (χ2v) is 19.5. The molecule has 0 heterocycles. The summed E-state index contributed by atoms with van der Waals surface area (Å²) in [6.07, 6.45) is 76.2. The van der Waals surface area contributed by atoms with Crippen LogP contribution < -0.4 is 0 Å². The van der Waals surface area contributed by atoms with Crippen molar-refractivity contribution in [2.45, 2.75) is 290 Å². The average molecular weight is 976 g/mol. The van der Waals surface area contributed by atoms with Crippen molar-refractivity contribution in [2.75, 3.05) is 13.2 Å². The number of allylic oxidation sites excluding steroid dienone is 13. The van der Waals surface area contributed by atoms with E-state index in [-0.39, 0.29) is 31.6 Å². The van der Waals surface area contributed by atoms with Crippen LogP contribution in [0.5, 0.6) is 0 Å². The second-order valence-electron chi connectivity index (χ2n) is 19.5. The van der Waals surface area contributed by atoms with E-state index in [1.165, 1.54) is 141 Å². The largest absolute Gasteiger partial charge is 0.462 e. The predicted octanol–water partition coefficient (Wildman–Crippen LogP) is 19.9. The summed E-state index contributed by atoms with van der Waals surface area (Å²) in [5.74, 6) is -1.06. The number of carbonyl (C=O) groups excluding carboxylic acids is 3. The molecule has 0 fully saturated rings. The summed E-state index contributed by atoms with van der Waals surface area (Å²) in [5.41, 5.74) is 0. The van der Waals surface area contributed by atoms with Crippen LogP contribution in [0.2, 0.25) is 0 Å². The molecule has 0 radical (unpaired) electrons. The lowest BCUT2D eigenvalue weighted by atomic mass is 10.0. The third kappa shape index (κ3) is 55.5. The SMILES string of the molecule is CC/C=C\C/C=C\C/C=C\C/C=C\C/C=C\CC(=O)OC(COC(=O)CCCCCCC/C=C\C/C=C\CCC)COC(=O)CCCCCCCCCCCCCCCCCCCCCCCCCC. The smallest absolute Gasteiger partial charge is 0.310 e. The van der Waals surface area contributed by atoms with Gasteiger partial charge in [-0.2, -0.15) is 0 Å². The highest BCUT2D eigenvalue weighted by atomic mass is 16.6. The minimum absolute atomic E-state index is 0.0945. The average Bonchev–Trinajstić information content (AvgIpc) is 3.36. The van der Waals surface area contributed by atoms with Crippen molar-refractivity contribution < 1.29 is 28.6 Å². The number of hydrogen-bond acceptors (Lipinski definition) is 6. The molecule has 0 spiro atoms. The van der Waals surface area contributed by atoms with Crippen LogP contribution in [-0.2, 0) is 28.6 Å². The van der Waals surface area contributed by atoms with Crippen LogP contribution in [-0.4, -0.2) is 37.2 Å². The maximum Gasteiger partial charge on any atom is 0.310 e. The molecule has 0 aromatic heterocycles. The molecule has 0 N–H and O–H groups in total. The molecule has 0 rings (SSSR count). The van der Waals surface area contributed by atoms with Gasteiger partial charge in [-0.05, 0) is 70.6 Å². The van der Waals surface area contributed by atoms with Crippen LogP contribution in [0.25, 0.3) is 0 Å². The maximum atomic E-state index is 12.8. The van der Waals surface area contributed by atoms with Gasteiger partial charge in [0.05, 0.1) is 6.42 Å². The van der Waals surface area contributed by atoms with E-state index in [4.69, 9.17) is 14.2 Å². The first-order valence-corrected chi connectivity index (χ1v) is 29.6. The van der Waals surface area contributed by atoms with Crippen LogP contribution in [0.15, 0.2) is 85.1 Å². The molecule has 70 heavy (non-hydrogen) atoms. The molecule has 6 heteroatoms. The highest BCUT2D eigenvalue weighted by Gasteiger charge is 2.19. The van der Waals surface area contributed by atoms with E-state index in [1.54, 1.807) is 6.08 Å². The summed E-state index contributed by atoms with van der Waals surface area (Å²) in [5, 5.41) is 0. The summed E-state index contributed by atoms with van der Waals surface area (Å²) in [6.45, 7) is 6.39. The van der Waals surface area contributed by atoms with E-state index in [0.717, 1.165) is 103 Å². The first-order chi connectivity index (χ1) is 34.5. The van der Waals surface area contributed by atoms with E-state index < -0.39 is 12.1 Å². The molecule has 0 saturated carbocycles. The van der Waals surface area contributed by atoms with Crippen molar-refractivity contribution in [3.05, 3.63) is 85.1 Å². The van der Waals surface area contributed by atoms with Gasteiger partial charge in [-0.1, -0.05) is 279 Å². The zero-order valence-electron chi connectivity index (χ0n) is 46.0. The normalized spacial score (nSPS) is 12.7. The summed E-state index contributed by atoms with van der Waals surface area (Å²) in [4.78, 5) is 38.1. The Balaban J connectivity index is 4.35. The first kappa shape index (κ1) is 66.6. The van der Waals surface area contributed by atoms with Gasteiger partial charge in [-0.15, -0.1) is 0 Å². The van der Waals surface area contributed by atoms with Crippen molar-refractivity contribution in [2.24, 2.45) is 0 Å². The highest BCUT2D eigenvalue weighted by Crippen LogP contribution is 2.17. The van der Waals surface area contributed by atoms with E-state index in [0.29, 0.717) is 12.8 Å². The van der Waals surface area contributed by atoms with Gasteiger partial charge < -0.3 is 14.2 Å². The standard InChI is InChI=1S/C64H110O6/c1-4-7-10-13-16-19-22-25-27-28-29-30-31-32-33-34-35-37-39-42-45-48-51-54-57-63(66)69-60-61(59-68-62(65)56-53-50-47-44-41-38-24-21-18-15-12-9-6-3)70-64(67)58-55-52-49-46-43-40-36-26-23-20-17-14-11-8-5-2/h8,11-12,15,17,20-21,24,26,36,43,46,52,55,61H,4-7,9-10,13-14,16,18-19,22-23,25,27-35,37-42,44-45,47-51,53-54,56-60H2,1-3H3/b11-8-,15-12-,20-17-,24-21-,36-26-,46-43-,55-52-. The molecule has 0 saturated heterocycles. The Bertz CT molecular complexity index is 1350. The fraction of sp³-hybridized carbons (Fsp3) is 0.734. The molecule has 1 unspecified atom stereocenters. The lowest BCUT2D eigenvalue weighted by Crippen LogP contribution is -2.30. The molecule has 0 aliphatic carbocycles. The third-order valence-corrected chi connectivity index (χ3v) is 12.6. The van der Waals surface area contributed by atoms with Gasteiger partial charge in [0.25, 0.3) is 0 Å². The Morgan fingerprint density at radius 2 is 0.629 bits per heavy atom. The Hall–Kier alpha value is -3.41. The molecule has 0 aliphatic heterocycles. The van der Waals surface area contributed by atoms with Gasteiger partial charge in [-0.25, -0.2) is 0 Å². The maximum absolute atomic E-state index is 12.8. The fourth-order valence-corrected chi connectivity index (χ4v) is 8.26. The van der Waals surface area contributed by atoms with E-state index in [9.17, 15) is 14.4 Å². The van der Waals surface area contributed by atoms with Gasteiger partial charge in [0, 0.05) is 12.8 Å². The molecule has 6 nitrogen and oxygen atoms in total. The molecule has 0 aromatic carbocycles. The summed E-state index contributed by atoms with van der Waals surface area (Å²) in [6, 6.07) is 0. The quantitative estimate of drug-likeness (QED) is 0.0261. The monoisotopic (exact) mass is 975 g/mol. The van der Waals surface area contributed by atoms with Crippen molar-refractivity contribution >= 4 is 17.9 Å². The molecule has 0 amide bonds. The Morgan fingerprint density at radius 1 is 0.314 bits per heavy atom. The fourth-order valence-electron chi connectivity index (χ4n) is 8.26. The Kier molecular flexibility index (Phi) is 55.3. The number of hydrogen-bond donors (Lipinski definition) is 0. The zero-order valence-corrected chi connectivity index (χ0v) is 46.0. The minimum atomic E-state index is -0.836. The van der Waals surface area contributed by atoms with Crippen LogP contribution in [0.3, 0.4) is 0 Å². The molecular weight excluding hydrogens is 865 g/mol. The summed E-state index contributed by atoms with van der Waals surface area (Å²) in [7, 11) is 0. The number of rotatable bonds is 53. The van der Waals surface area contributed by atoms with Crippen LogP contribution in [0.1, 0.15) is 284 Å². The van der Waals surface area contributed by atoms with Crippen LogP contribution in [0, 0.1) is 0 Å². The topological polar surface area (TPSA) is 78.9 Å². The molecule has 0 aliphatic rings. The lowest BCUT2D eigenvalue weighted by molar-refractivity contribution is -0.166. The second kappa shape index (κ2) is 58.2. The van der Waals surface area contributed by atoms with Gasteiger partial charge in [0.15, 0.2) is 6.10 Å². The number of ether oxygens (including phenoxy) is 3.